The zero-order valence-corrected chi connectivity index (χ0v) is 31.8. The number of halogens is 1. The van der Waals surface area contributed by atoms with Crippen LogP contribution < -0.4 is 0 Å². The Labute approximate surface area is 288 Å². The van der Waals surface area contributed by atoms with Crippen LogP contribution in [0.4, 0.5) is 0 Å². The second kappa shape index (κ2) is 37.1. The van der Waals surface area contributed by atoms with Crippen LogP contribution in [0, 0.1) is 0 Å². The molecule has 4 nitrogen and oxygen atoms in total. The molecule has 0 unspecified atom stereocenters. The number of hydrogen-bond donors (Lipinski definition) is 0. The lowest BCUT2D eigenvalue weighted by molar-refractivity contribution is -0.157. The molecule has 0 heterocycles. The van der Waals surface area contributed by atoms with Crippen molar-refractivity contribution in [1.82, 2.24) is 0 Å². The third-order valence-electron chi connectivity index (χ3n) is 8.87. The molecule has 0 saturated carbocycles. The second-order valence-electron chi connectivity index (χ2n) is 13.3. The van der Waals surface area contributed by atoms with Crippen molar-refractivity contribution >= 4 is 34.5 Å². The molecule has 0 spiro atoms. The summed E-state index contributed by atoms with van der Waals surface area (Å²) < 4.78 is 11.6. The van der Waals surface area contributed by atoms with Crippen molar-refractivity contribution in [3.8, 4) is 0 Å². The molecule has 0 amide bonds. The summed E-state index contributed by atoms with van der Waals surface area (Å²) in [4.78, 5) is 24.4. The Hall–Kier alpha value is -0.330. The van der Waals surface area contributed by atoms with Gasteiger partial charge in [0.2, 0.25) is 0 Å². The predicted octanol–water partition coefficient (Wildman–Crippen LogP) is 13.4. The number of rotatable bonds is 36. The van der Waals surface area contributed by atoms with Gasteiger partial charge in [0.05, 0.1) is 0 Å². The fraction of sp³-hybridized carbons (Fsp3) is 0.949. The first-order chi connectivity index (χ1) is 21.6. The number of esters is 2. The summed E-state index contributed by atoms with van der Waals surface area (Å²) in [6.45, 7) is 4.74. The van der Waals surface area contributed by atoms with Crippen molar-refractivity contribution < 1.29 is 19.1 Å². The van der Waals surface area contributed by atoms with Crippen molar-refractivity contribution in [2.24, 2.45) is 0 Å². The molecule has 1 atom stereocenters. The van der Waals surface area contributed by atoms with Crippen LogP contribution in [0.15, 0.2) is 0 Å². The molecule has 0 rings (SSSR count). The Morgan fingerprint density at radius 1 is 0.432 bits per heavy atom. The van der Waals surface area contributed by atoms with Gasteiger partial charge < -0.3 is 9.47 Å². The average molecular weight is 735 g/mol. The van der Waals surface area contributed by atoms with E-state index in [1.54, 1.807) is 0 Å². The Balaban J connectivity index is 3.49. The maximum absolute atomic E-state index is 12.3. The highest BCUT2D eigenvalue weighted by molar-refractivity contribution is 14.1. The number of carbonyl (C=O) groups excluding carboxylic acids is 2. The van der Waals surface area contributed by atoms with E-state index in [1.165, 1.54) is 167 Å². The molecule has 0 aliphatic rings. The van der Waals surface area contributed by atoms with Crippen LogP contribution in [0.2, 0.25) is 0 Å². The molecule has 5 heteroatoms. The molecular weight excluding hydrogens is 659 g/mol. The summed E-state index contributed by atoms with van der Waals surface area (Å²) in [5.41, 5.74) is 0. The largest absolute Gasteiger partial charge is 0.462 e. The van der Waals surface area contributed by atoms with Crippen molar-refractivity contribution in [1.29, 1.82) is 0 Å². The van der Waals surface area contributed by atoms with Gasteiger partial charge >= 0.3 is 11.9 Å². The first-order valence-corrected chi connectivity index (χ1v) is 21.1. The van der Waals surface area contributed by atoms with Gasteiger partial charge in [-0.05, 0) is 12.8 Å². The summed E-state index contributed by atoms with van der Waals surface area (Å²) in [5, 5.41) is 0. The van der Waals surface area contributed by atoms with E-state index in [2.05, 4.69) is 36.4 Å². The molecular formula is C39H75IO4. The van der Waals surface area contributed by atoms with Crippen LogP contribution >= 0.6 is 22.6 Å². The SMILES string of the molecule is CCCCCCCCCCCCCCCCCC(=O)OC[C@@H](CI)OC(=O)CCCCCCCCCCCCCCCCC. The van der Waals surface area contributed by atoms with Gasteiger partial charge in [-0.1, -0.05) is 216 Å². The summed E-state index contributed by atoms with van der Waals surface area (Å²) in [5.74, 6) is -0.312. The molecule has 0 aliphatic carbocycles. The molecule has 0 aromatic carbocycles. The van der Waals surface area contributed by atoms with E-state index in [0.29, 0.717) is 17.3 Å². The molecule has 0 aromatic rings. The first kappa shape index (κ1) is 43.7. The molecule has 0 radical (unpaired) electrons. The highest BCUT2D eigenvalue weighted by Crippen LogP contribution is 2.16. The van der Waals surface area contributed by atoms with Crippen LogP contribution in [0.25, 0.3) is 0 Å². The molecule has 0 fully saturated rings. The highest BCUT2D eigenvalue weighted by atomic mass is 127. The van der Waals surface area contributed by atoms with E-state index in [4.69, 9.17) is 9.47 Å². The maximum Gasteiger partial charge on any atom is 0.306 e. The van der Waals surface area contributed by atoms with Gasteiger partial charge in [-0.25, -0.2) is 0 Å². The van der Waals surface area contributed by atoms with Gasteiger partial charge in [-0.15, -0.1) is 0 Å². The van der Waals surface area contributed by atoms with E-state index < -0.39 is 0 Å². The monoisotopic (exact) mass is 734 g/mol. The van der Waals surface area contributed by atoms with Crippen molar-refractivity contribution in [3.05, 3.63) is 0 Å². The smallest absolute Gasteiger partial charge is 0.306 e. The predicted molar refractivity (Wildman–Crippen MR) is 199 cm³/mol. The Kier molecular flexibility index (Phi) is 36.9. The van der Waals surface area contributed by atoms with Crippen LogP contribution in [0.3, 0.4) is 0 Å². The zero-order valence-electron chi connectivity index (χ0n) is 29.6. The molecule has 0 aromatic heterocycles. The van der Waals surface area contributed by atoms with Crippen molar-refractivity contribution in [2.75, 3.05) is 11.0 Å². The minimum atomic E-state index is -0.329. The number of alkyl halides is 1. The maximum atomic E-state index is 12.3. The minimum Gasteiger partial charge on any atom is -0.462 e. The fourth-order valence-corrected chi connectivity index (χ4v) is 6.33. The van der Waals surface area contributed by atoms with Gasteiger partial charge in [-0.2, -0.15) is 0 Å². The normalized spacial score (nSPS) is 12.0. The number of ether oxygens (including phenoxy) is 2. The summed E-state index contributed by atoms with van der Waals surface area (Å²) in [6, 6.07) is 0. The molecule has 0 N–H and O–H groups in total. The lowest BCUT2D eigenvalue weighted by atomic mass is 10.0. The van der Waals surface area contributed by atoms with Crippen LogP contribution in [0.5, 0.6) is 0 Å². The Morgan fingerprint density at radius 3 is 1.00 bits per heavy atom. The van der Waals surface area contributed by atoms with Crippen LogP contribution in [-0.4, -0.2) is 29.1 Å². The molecule has 44 heavy (non-hydrogen) atoms. The molecule has 0 bridgehead atoms. The molecule has 0 saturated heterocycles. The minimum absolute atomic E-state index is 0.153. The van der Waals surface area contributed by atoms with E-state index in [0.717, 1.165) is 25.7 Å². The third-order valence-corrected chi connectivity index (χ3v) is 9.85. The number of hydrogen-bond acceptors (Lipinski definition) is 4. The van der Waals surface area contributed by atoms with Crippen LogP contribution in [-0.2, 0) is 19.1 Å². The van der Waals surface area contributed by atoms with E-state index >= 15 is 0 Å². The van der Waals surface area contributed by atoms with E-state index in [9.17, 15) is 9.59 Å². The van der Waals surface area contributed by atoms with Crippen LogP contribution in [0.1, 0.15) is 219 Å². The Morgan fingerprint density at radius 2 is 0.705 bits per heavy atom. The van der Waals surface area contributed by atoms with Gasteiger partial charge in [0, 0.05) is 17.3 Å². The fourth-order valence-electron chi connectivity index (χ4n) is 5.89. The van der Waals surface area contributed by atoms with Gasteiger partial charge in [0.1, 0.15) is 12.7 Å². The lowest BCUT2D eigenvalue weighted by Gasteiger charge is -2.15. The Bertz CT molecular complexity index is 597. The van der Waals surface area contributed by atoms with Gasteiger partial charge in [-0.3, -0.25) is 9.59 Å². The second-order valence-corrected chi connectivity index (χ2v) is 14.2. The van der Waals surface area contributed by atoms with Gasteiger partial charge in [0.15, 0.2) is 0 Å². The average Bonchev–Trinajstić information content (AvgIpc) is 3.02. The quantitative estimate of drug-likeness (QED) is 0.0278. The van der Waals surface area contributed by atoms with Crippen molar-refractivity contribution in [3.63, 3.8) is 0 Å². The van der Waals surface area contributed by atoms with Gasteiger partial charge in [0.25, 0.3) is 0 Å². The summed E-state index contributed by atoms with van der Waals surface area (Å²) in [6.07, 6.45) is 40.1. The topological polar surface area (TPSA) is 52.6 Å². The third kappa shape index (κ3) is 34.5. The number of carbonyl (C=O) groups is 2. The lowest BCUT2D eigenvalue weighted by Crippen LogP contribution is -2.26. The standard InChI is InChI=1S/C39H75IO4/c1-3-5-7-9-11-13-15-17-19-21-23-25-27-29-31-33-38(41)43-36-37(35-40)44-39(42)34-32-30-28-26-24-22-20-18-16-14-12-10-8-6-4-2/h37H,3-36H2,1-2H3/t37-/m1/s1. The molecule has 262 valence electrons. The number of unbranched alkanes of at least 4 members (excludes halogenated alkanes) is 28. The summed E-state index contributed by atoms with van der Waals surface area (Å²) >= 11 is 2.21. The van der Waals surface area contributed by atoms with Crippen molar-refractivity contribution in [2.45, 2.75) is 225 Å². The first-order valence-electron chi connectivity index (χ1n) is 19.5. The van der Waals surface area contributed by atoms with E-state index in [1.807, 2.05) is 0 Å². The zero-order chi connectivity index (χ0) is 32.2. The summed E-state index contributed by atoms with van der Waals surface area (Å²) in [7, 11) is 0. The highest BCUT2D eigenvalue weighted by Gasteiger charge is 2.15. The van der Waals surface area contributed by atoms with E-state index in [-0.39, 0.29) is 24.6 Å². The molecule has 0 aliphatic heterocycles.